The molecule has 1 aliphatic heterocycles. The number of sulfonamides is 1. The van der Waals surface area contributed by atoms with Gasteiger partial charge in [-0.15, -0.1) is 17.8 Å². The van der Waals surface area contributed by atoms with Crippen LogP contribution in [-0.4, -0.2) is 43.8 Å². The number of piperidine rings is 1. The molecular formula is C22H20ClN3O3S2. The average Bonchev–Trinajstić information content (AvgIpc) is 3.20. The van der Waals surface area contributed by atoms with E-state index in [-0.39, 0.29) is 17.3 Å². The lowest BCUT2D eigenvalue weighted by Crippen LogP contribution is -2.37. The number of halogens is 1. The molecule has 0 saturated carbocycles. The molecule has 6 nitrogen and oxygen atoms in total. The first kappa shape index (κ1) is 21.8. The highest BCUT2D eigenvalue weighted by molar-refractivity contribution is 7.89. The van der Waals surface area contributed by atoms with Gasteiger partial charge in [0, 0.05) is 29.6 Å². The number of aromatic nitrogens is 1. The number of benzene rings is 2. The molecule has 4 rings (SSSR count). The topological polar surface area (TPSA) is 79.4 Å². The minimum Gasteiger partial charge on any atom is -0.339 e. The largest absolute Gasteiger partial charge is 0.339 e. The number of likely N-dealkylation sites (tertiary alicyclic amines) is 1. The van der Waals surface area contributed by atoms with E-state index in [1.807, 2.05) is 18.2 Å². The maximum atomic E-state index is 12.9. The summed E-state index contributed by atoms with van der Waals surface area (Å²) in [7, 11) is -3.67. The van der Waals surface area contributed by atoms with Crippen LogP contribution in [0.1, 0.15) is 34.1 Å². The van der Waals surface area contributed by atoms with Crippen molar-refractivity contribution in [3.05, 3.63) is 58.1 Å². The van der Waals surface area contributed by atoms with Gasteiger partial charge in [-0.3, -0.25) is 4.79 Å². The van der Waals surface area contributed by atoms with Gasteiger partial charge < -0.3 is 4.90 Å². The van der Waals surface area contributed by atoms with Crippen LogP contribution >= 0.6 is 22.9 Å². The molecule has 9 heteroatoms. The maximum absolute atomic E-state index is 12.9. The zero-order chi connectivity index (χ0) is 22.0. The second kappa shape index (κ2) is 8.97. The van der Waals surface area contributed by atoms with Crippen molar-refractivity contribution < 1.29 is 13.2 Å². The van der Waals surface area contributed by atoms with Crippen LogP contribution < -0.4 is 4.72 Å². The summed E-state index contributed by atoms with van der Waals surface area (Å²) >= 11 is 7.74. The number of hydrogen-bond donors (Lipinski definition) is 1. The van der Waals surface area contributed by atoms with Gasteiger partial charge in [0.15, 0.2) is 0 Å². The van der Waals surface area contributed by atoms with Gasteiger partial charge in [0.05, 0.1) is 26.7 Å². The maximum Gasteiger partial charge on any atom is 0.253 e. The molecule has 1 fully saturated rings. The minimum absolute atomic E-state index is 0.0777. The molecule has 1 amide bonds. The molecule has 2 heterocycles. The zero-order valence-electron chi connectivity index (χ0n) is 16.5. The monoisotopic (exact) mass is 473 g/mol. The van der Waals surface area contributed by atoms with E-state index in [0.29, 0.717) is 29.6 Å². The van der Waals surface area contributed by atoms with Crippen LogP contribution in [0.15, 0.2) is 47.4 Å². The molecule has 1 aromatic heterocycles. The highest BCUT2D eigenvalue weighted by Crippen LogP contribution is 2.35. The van der Waals surface area contributed by atoms with E-state index in [4.69, 9.17) is 23.0 Å². The van der Waals surface area contributed by atoms with Crippen molar-refractivity contribution in [2.75, 3.05) is 19.6 Å². The molecular weight excluding hydrogens is 454 g/mol. The first-order valence-electron chi connectivity index (χ1n) is 9.76. The third kappa shape index (κ3) is 4.75. The quantitative estimate of drug-likeness (QED) is 0.570. The SMILES string of the molecule is C#CCNS(=O)(=O)c1ccc(C(=O)N2CCC(c3nc4cc(Cl)ccc4s3)CC2)cc1. The molecule has 2 aromatic carbocycles. The molecule has 1 N–H and O–H groups in total. The van der Waals surface area contributed by atoms with Crippen LogP contribution in [0.4, 0.5) is 0 Å². The summed E-state index contributed by atoms with van der Waals surface area (Å²) in [5.74, 6) is 2.44. The van der Waals surface area contributed by atoms with Gasteiger partial charge in [0.2, 0.25) is 10.0 Å². The normalized spacial score (nSPS) is 15.2. The number of fused-ring (bicyclic) bond motifs is 1. The predicted octanol–water partition coefficient (Wildman–Crippen LogP) is 3.88. The van der Waals surface area contributed by atoms with Crippen molar-refractivity contribution in [1.29, 1.82) is 0 Å². The number of carbonyl (C=O) groups excluding carboxylic acids is 1. The van der Waals surface area contributed by atoms with E-state index in [2.05, 4.69) is 10.6 Å². The number of terminal acetylenes is 1. The molecule has 0 unspecified atom stereocenters. The average molecular weight is 474 g/mol. The molecule has 160 valence electrons. The standard InChI is InChI=1S/C22H20ClN3O3S2/c1-2-11-24-31(28,29)18-6-3-16(4-7-18)22(27)26-12-9-15(10-13-26)21-25-19-14-17(23)5-8-20(19)30-21/h1,3-8,14-15,24H,9-13H2. The van der Waals surface area contributed by atoms with E-state index >= 15 is 0 Å². The number of amides is 1. The van der Waals surface area contributed by atoms with Crippen molar-refractivity contribution in [3.63, 3.8) is 0 Å². The van der Waals surface area contributed by atoms with E-state index in [1.165, 1.54) is 24.3 Å². The summed E-state index contributed by atoms with van der Waals surface area (Å²) in [6.45, 7) is 1.17. The van der Waals surface area contributed by atoms with Gasteiger partial charge in [-0.2, -0.15) is 4.72 Å². The fourth-order valence-corrected chi connectivity index (χ4v) is 5.82. The van der Waals surface area contributed by atoms with Crippen LogP contribution in [0.3, 0.4) is 0 Å². The molecule has 1 aliphatic rings. The molecule has 0 spiro atoms. The Morgan fingerprint density at radius 3 is 2.61 bits per heavy atom. The Labute approximate surface area is 190 Å². The van der Waals surface area contributed by atoms with E-state index in [1.54, 1.807) is 16.2 Å². The number of thiazole rings is 1. The Balaban J connectivity index is 1.40. The second-order valence-electron chi connectivity index (χ2n) is 7.28. The number of nitrogens with zero attached hydrogens (tertiary/aromatic N) is 2. The van der Waals surface area contributed by atoms with Crippen molar-refractivity contribution in [3.8, 4) is 12.3 Å². The molecule has 3 aromatic rings. The van der Waals surface area contributed by atoms with Gasteiger partial charge in [-0.25, -0.2) is 13.4 Å². The highest BCUT2D eigenvalue weighted by atomic mass is 35.5. The van der Waals surface area contributed by atoms with Crippen LogP contribution in [0.5, 0.6) is 0 Å². The number of nitrogens with one attached hydrogen (secondary N) is 1. The number of hydrogen-bond acceptors (Lipinski definition) is 5. The lowest BCUT2D eigenvalue weighted by Gasteiger charge is -2.31. The summed E-state index contributed by atoms with van der Waals surface area (Å²) in [5.41, 5.74) is 1.38. The Morgan fingerprint density at radius 2 is 1.94 bits per heavy atom. The zero-order valence-corrected chi connectivity index (χ0v) is 18.9. The summed E-state index contributed by atoms with van der Waals surface area (Å²) in [4.78, 5) is 19.5. The van der Waals surface area contributed by atoms with E-state index in [9.17, 15) is 13.2 Å². The fraction of sp³-hybridized carbons (Fsp3) is 0.273. The molecule has 0 bridgehead atoms. The Morgan fingerprint density at radius 1 is 1.23 bits per heavy atom. The van der Waals surface area contributed by atoms with Gasteiger partial charge in [-0.1, -0.05) is 17.5 Å². The van der Waals surface area contributed by atoms with E-state index in [0.717, 1.165) is 28.1 Å². The molecule has 0 aliphatic carbocycles. The van der Waals surface area contributed by atoms with Gasteiger partial charge >= 0.3 is 0 Å². The third-order valence-electron chi connectivity index (χ3n) is 5.27. The van der Waals surface area contributed by atoms with Crippen LogP contribution in [0, 0.1) is 12.3 Å². The number of rotatable bonds is 5. The van der Waals surface area contributed by atoms with Crippen LogP contribution in [0.25, 0.3) is 10.2 Å². The van der Waals surface area contributed by atoms with Gasteiger partial charge in [0.1, 0.15) is 0 Å². The van der Waals surface area contributed by atoms with Crippen LogP contribution in [-0.2, 0) is 10.0 Å². The summed E-state index contributed by atoms with van der Waals surface area (Å²) in [6, 6.07) is 11.7. The smallest absolute Gasteiger partial charge is 0.253 e. The van der Waals surface area contributed by atoms with Gasteiger partial charge in [0.25, 0.3) is 5.91 Å². The lowest BCUT2D eigenvalue weighted by atomic mass is 9.97. The summed E-state index contributed by atoms with van der Waals surface area (Å²) in [5, 5.41) is 1.76. The highest BCUT2D eigenvalue weighted by Gasteiger charge is 2.27. The van der Waals surface area contributed by atoms with Crippen molar-refractivity contribution in [1.82, 2.24) is 14.6 Å². The predicted molar refractivity (Wildman–Crippen MR) is 123 cm³/mol. The lowest BCUT2D eigenvalue weighted by molar-refractivity contribution is 0.0713. The van der Waals surface area contributed by atoms with Crippen LogP contribution in [0.2, 0.25) is 5.02 Å². The first-order chi connectivity index (χ1) is 14.9. The molecule has 0 atom stereocenters. The Hall–Kier alpha value is -2.44. The number of carbonyl (C=O) groups is 1. The Kier molecular flexibility index (Phi) is 6.30. The third-order valence-corrected chi connectivity index (χ3v) is 8.12. The van der Waals surface area contributed by atoms with Crippen molar-refractivity contribution in [2.24, 2.45) is 0 Å². The first-order valence-corrected chi connectivity index (χ1v) is 12.4. The fourth-order valence-electron chi connectivity index (χ4n) is 3.60. The van der Waals surface area contributed by atoms with E-state index < -0.39 is 10.0 Å². The minimum atomic E-state index is -3.67. The Bertz CT molecular complexity index is 1260. The summed E-state index contributed by atoms with van der Waals surface area (Å²) in [6.07, 6.45) is 6.77. The molecule has 0 radical (unpaired) electrons. The van der Waals surface area contributed by atoms with Gasteiger partial charge in [-0.05, 0) is 55.3 Å². The molecule has 31 heavy (non-hydrogen) atoms. The van der Waals surface area contributed by atoms with Crippen molar-refractivity contribution >= 4 is 49.1 Å². The summed E-state index contributed by atoms with van der Waals surface area (Å²) < 4.78 is 27.6. The second-order valence-corrected chi connectivity index (χ2v) is 10.5. The molecule has 1 saturated heterocycles. The van der Waals surface area contributed by atoms with Crippen molar-refractivity contribution in [2.45, 2.75) is 23.7 Å².